The van der Waals surface area contributed by atoms with Crippen molar-refractivity contribution in [3.63, 3.8) is 0 Å². The molecule has 5 nitrogen and oxygen atoms in total. The predicted octanol–water partition coefficient (Wildman–Crippen LogP) is 1.92. The molecule has 0 saturated heterocycles. The average Bonchev–Trinajstić information content (AvgIpc) is 2.29. The summed E-state index contributed by atoms with van der Waals surface area (Å²) in [6, 6.07) is 2.63. The molecule has 1 amide bonds. The van der Waals surface area contributed by atoms with E-state index >= 15 is 0 Å². The second-order valence-corrected chi connectivity index (χ2v) is 3.42. The van der Waals surface area contributed by atoms with E-state index in [1.165, 1.54) is 24.7 Å². The number of nitrogens with zero attached hydrogens (tertiary/aromatic N) is 3. The molecule has 17 heavy (non-hydrogen) atoms. The number of anilines is 1. The van der Waals surface area contributed by atoms with Gasteiger partial charge in [0.1, 0.15) is 17.3 Å². The van der Waals surface area contributed by atoms with Crippen molar-refractivity contribution in [2.24, 2.45) is 0 Å². The number of carbonyl (C=O) groups excluding carboxylic acids is 1. The van der Waals surface area contributed by atoms with E-state index in [-0.39, 0.29) is 16.5 Å². The normalized spacial score (nSPS) is 10.0. The molecule has 2 rings (SSSR count). The van der Waals surface area contributed by atoms with Gasteiger partial charge in [-0.2, -0.15) is 0 Å². The summed E-state index contributed by atoms with van der Waals surface area (Å²) in [5, 5.41) is 2.58. The number of carbonyl (C=O) groups is 1. The molecule has 2 aromatic rings. The first-order valence-corrected chi connectivity index (χ1v) is 4.93. The highest BCUT2D eigenvalue weighted by Crippen LogP contribution is 2.11. The molecule has 0 spiro atoms. The summed E-state index contributed by atoms with van der Waals surface area (Å²) >= 11 is 5.62. The molecule has 0 aromatic carbocycles. The minimum Gasteiger partial charge on any atom is -0.306 e. The Kier molecular flexibility index (Phi) is 3.24. The van der Waals surface area contributed by atoms with E-state index in [4.69, 9.17) is 11.6 Å². The van der Waals surface area contributed by atoms with Gasteiger partial charge in [-0.15, -0.1) is 0 Å². The molecule has 0 aliphatic rings. The van der Waals surface area contributed by atoms with Crippen molar-refractivity contribution >= 4 is 23.3 Å². The highest BCUT2D eigenvalue weighted by Gasteiger charge is 2.12. The highest BCUT2D eigenvalue weighted by atomic mass is 35.5. The molecule has 0 saturated carbocycles. The maximum atomic E-state index is 13.2. The van der Waals surface area contributed by atoms with Crippen LogP contribution in [0.4, 0.5) is 10.2 Å². The number of hydrogen-bond acceptors (Lipinski definition) is 4. The molecule has 0 aliphatic heterocycles. The molecule has 2 aromatic heterocycles. The number of aromatic nitrogens is 3. The van der Waals surface area contributed by atoms with Crippen molar-refractivity contribution in [1.29, 1.82) is 0 Å². The average molecular weight is 253 g/mol. The van der Waals surface area contributed by atoms with Gasteiger partial charge in [0.2, 0.25) is 0 Å². The maximum absolute atomic E-state index is 13.2. The number of pyridine rings is 1. The summed E-state index contributed by atoms with van der Waals surface area (Å²) in [7, 11) is 0. The summed E-state index contributed by atoms with van der Waals surface area (Å²) in [5.41, 5.74) is -0.116. The fourth-order valence-corrected chi connectivity index (χ4v) is 1.29. The van der Waals surface area contributed by atoms with Crippen LogP contribution < -0.4 is 5.32 Å². The number of rotatable bonds is 2. The Morgan fingerprint density at radius 3 is 2.94 bits per heavy atom. The molecule has 0 aliphatic carbocycles. The van der Waals surface area contributed by atoms with Gasteiger partial charge in [-0.25, -0.2) is 14.4 Å². The van der Waals surface area contributed by atoms with E-state index in [9.17, 15) is 9.18 Å². The van der Waals surface area contributed by atoms with Gasteiger partial charge in [0.15, 0.2) is 5.82 Å². The zero-order chi connectivity index (χ0) is 12.3. The standard InChI is InChI=1S/C10H6ClFN4O/c11-8-3-9(15-5-14-8)16-10(17)6-1-2-13-4-7(6)12/h1-5H,(H,14,15,16,17). The number of nitrogens with one attached hydrogen (secondary N) is 1. The molecule has 0 atom stereocenters. The van der Waals surface area contributed by atoms with E-state index in [0.717, 1.165) is 6.20 Å². The highest BCUT2D eigenvalue weighted by molar-refractivity contribution is 6.29. The summed E-state index contributed by atoms with van der Waals surface area (Å²) in [5.74, 6) is -1.13. The van der Waals surface area contributed by atoms with Crippen LogP contribution in [0.2, 0.25) is 5.15 Å². The van der Waals surface area contributed by atoms with Crippen molar-refractivity contribution in [3.8, 4) is 0 Å². The lowest BCUT2D eigenvalue weighted by Crippen LogP contribution is -2.14. The van der Waals surface area contributed by atoms with Crippen molar-refractivity contribution < 1.29 is 9.18 Å². The quantitative estimate of drug-likeness (QED) is 0.829. The second-order valence-electron chi connectivity index (χ2n) is 3.04. The minimum atomic E-state index is -0.704. The Hall–Kier alpha value is -2.08. The largest absolute Gasteiger partial charge is 0.306 e. The van der Waals surface area contributed by atoms with Crippen LogP contribution in [0.3, 0.4) is 0 Å². The number of hydrogen-bond donors (Lipinski definition) is 1. The van der Waals surface area contributed by atoms with E-state index in [1.807, 2.05) is 0 Å². The monoisotopic (exact) mass is 252 g/mol. The maximum Gasteiger partial charge on any atom is 0.259 e. The molecule has 0 unspecified atom stereocenters. The van der Waals surface area contributed by atoms with Gasteiger partial charge < -0.3 is 5.32 Å². The van der Waals surface area contributed by atoms with E-state index in [0.29, 0.717) is 0 Å². The van der Waals surface area contributed by atoms with Crippen LogP contribution in [0.15, 0.2) is 30.9 Å². The first kappa shape index (κ1) is 11.4. The molecule has 0 radical (unpaired) electrons. The van der Waals surface area contributed by atoms with Crippen LogP contribution in [-0.4, -0.2) is 20.9 Å². The topological polar surface area (TPSA) is 67.8 Å². The number of halogens is 2. The predicted molar refractivity (Wildman–Crippen MR) is 59.2 cm³/mol. The van der Waals surface area contributed by atoms with E-state index in [2.05, 4.69) is 20.3 Å². The fourth-order valence-electron chi connectivity index (χ4n) is 1.14. The number of amides is 1. The van der Waals surface area contributed by atoms with Gasteiger partial charge in [0.05, 0.1) is 11.8 Å². The van der Waals surface area contributed by atoms with Crippen molar-refractivity contribution in [2.45, 2.75) is 0 Å². The van der Waals surface area contributed by atoms with Gasteiger partial charge in [-0.3, -0.25) is 9.78 Å². The van der Waals surface area contributed by atoms with Crippen LogP contribution in [-0.2, 0) is 0 Å². The van der Waals surface area contributed by atoms with Crippen LogP contribution >= 0.6 is 11.6 Å². The summed E-state index contributed by atoms with van der Waals surface area (Å²) in [6.45, 7) is 0. The van der Waals surface area contributed by atoms with Crippen molar-refractivity contribution in [2.75, 3.05) is 5.32 Å². The molecule has 7 heteroatoms. The lowest BCUT2D eigenvalue weighted by Gasteiger charge is -2.04. The third-order valence-corrected chi connectivity index (χ3v) is 2.10. The lowest BCUT2D eigenvalue weighted by molar-refractivity contribution is 0.102. The second kappa shape index (κ2) is 4.84. The van der Waals surface area contributed by atoms with Crippen LogP contribution in [0.25, 0.3) is 0 Å². The third kappa shape index (κ3) is 2.73. The van der Waals surface area contributed by atoms with Crippen LogP contribution in [0, 0.1) is 5.82 Å². The molecular formula is C10H6ClFN4O. The summed E-state index contributed by atoms with van der Waals surface area (Å²) in [6.07, 6.45) is 3.48. The summed E-state index contributed by atoms with van der Waals surface area (Å²) in [4.78, 5) is 22.6. The van der Waals surface area contributed by atoms with Gasteiger partial charge in [-0.1, -0.05) is 11.6 Å². The smallest absolute Gasteiger partial charge is 0.259 e. The Labute approximate surface area is 101 Å². The molecule has 2 heterocycles. The van der Waals surface area contributed by atoms with Gasteiger partial charge in [-0.05, 0) is 6.07 Å². The van der Waals surface area contributed by atoms with Gasteiger partial charge >= 0.3 is 0 Å². The molecular weight excluding hydrogens is 247 g/mol. The van der Waals surface area contributed by atoms with E-state index in [1.54, 1.807) is 0 Å². The van der Waals surface area contributed by atoms with Crippen molar-refractivity contribution in [3.05, 3.63) is 47.4 Å². The van der Waals surface area contributed by atoms with Crippen LogP contribution in [0.5, 0.6) is 0 Å². The third-order valence-electron chi connectivity index (χ3n) is 1.89. The first-order valence-electron chi connectivity index (χ1n) is 4.55. The van der Waals surface area contributed by atoms with Crippen molar-refractivity contribution in [1.82, 2.24) is 15.0 Å². The Bertz CT molecular complexity index is 564. The molecule has 0 bridgehead atoms. The lowest BCUT2D eigenvalue weighted by atomic mass is 10.2. The summed E-state index contributed by atoms with van der Waals surface area (Å²) < 4.78 is 13.2. The SMILES string of the molecule is O=C(Nc1cc(Cl)ncn1)c1ccncc1F. The van der Waals surface area contributed by atoms with Gasteiger partial charge in [0, 0.05) is 12.3 Å². The Morgan fingerprint density at radius 1 is 1.41 bits per heavy atom. The van der Waals surface area contributed by atoms with Crippen LogP contribution in [0.1, 0.15) is 10.4 Å². The first-order chi connectivity index (χ1) is 8.16. The molecule has 0 fully saturated rings. The molecule has 1 N–H and O–H groups in total. The zero-order valence-corrected chi connectivity index (χ0v) is 9.15. The Morgan fingerprint density at radius 2 is 2.24 bits per heavy atom. The Balaban J connectivity index is 2.20. The fraction of sp³-hybridized carbons (Fsp3) is 0. The van der Waals surface area contributed by atoms with E-state index < -0.39 is 11.7 Å². The molecule has 86 valence electrons. The minimum absolute atomic E-state index is 0.116. The van der Waals surface area contributed by atoms with Gasteiger partial charge in [0.25, 0.3) is 5.91 Å². The zero-order valence-electron chi connectivity index (χ0n) is 8.39.